The van der Waals surface area contributed by atoms with Crippen molar-refractivity contribution in [1.82, 2.24) is 10.2 Å². The summed E-state index contributed by atoms with van der Waals surface area (Å²) in [5.74, 6) is 0. The van der Waals surface area contributed by atoms with E-state index in [0.29, 0.717) is 19.0 Å². The Hall–Kier alpha value is -0.150. The number of hydrogen-bond acceptors (Lipinski definition) is 2. The maximum atomic E-state index is 12.5. The Morgan fingerprint density at radius 2 is 2.30 bits per heavy atom. The summed E-state index contributed by atoms with van der Waals surface area (Å²) in [7, 11) is 4.01. The fraction of sp³-hybridized carbons (Fsp3) is 1.00. The van der Waals surface area contributed by atoms with Crippen LogP contribution in [0, 0.1) is 0 Å². The summed E-state index contributed by atoms with van der Waals surface area (Å²) >= 11 is 0. The van der Waals surface area contributed by atoms with Gasteiger partial charge in [0.1, 0.15) is 6.17 Å². The van der Waals surface area contributed by atoms with Crippen molar-refractivity contribution in [3.05, 3.63) is 0 Å². The molecular weight excluding hydrogens is 131 g/mol. The predicted octanol–water partition coefficient (Wildman–Crippen LogP) is 0.248. The molecule has 0 aromatic heterocycles. The van der Waals surface area contributed by atoms with Gasteiger partial charge in [-0.15, -0.1) is 0 Å². The van der Waals surface area contributed by atoms with Gasteiger partial charge < -0.3 is 10.2 Å². The van der Waals surface area contributed by atoms with Crippen LogP contribution in [0.3, 0.4) is 0 Å². The highest BCUT2D eigenvalue weighted by Crippen LogP contribution is 2.09. The highest BCUT2D eigenvalue weighted by Gasteiger charge is 2.23. The van der Waals surface area contributed by atoms with Gasteiger partial charge in [0.25, 0.3) is 0 Å². The number of nitrogens with zero attached hydrogens (tertiary/aromatic N) is 1. The second kappa shape index (κ2) is 3.30. The first-order chi connectivity index (χ1) is 4.68. The average Bonchev–Trinajstić information content (AvgIpc) is 2.13. The van der Waals surface area contributed by atoms with Crippen LogP contribution in [-0.2, 0) is 0 Å². The second-order valence-electron chi connectivity index (χ2n) is 3.20. The van der Waals surface area contributed by atoms with Crippen LogP contribution >= 0.6 is 0 Å². The molecule has 3 heteroatoms. The van der Waals surface area contributed by atoms with Crippen LogP contribution in [0.5, 0.6) is 0 Å². The molecule has 1 heterocycles. The molecule has 60 valence electrons. The Morgan fingerprint density at radius 3 is 2.70 bits per heavy atom. The summed E-state index contributed by atoms with van der Waals surface area (Å²) in [6.45, 7) is 1.49. The van der Waals surface area contributed by atoms with Crippen LogP contribution in [0.4, 0.5) is 4.39 Å². The molecule has 2 atom stereocenters. The lowest BCUT2D eigenvalue weighted by Gasteiger charge is -2.15. The molecule has 0 aliphatic carbocycles. The van der Waals surface area contributed by atoms with E-state index in [1.165, 1.54) is 0 Å². The number of likely N-dealkylation sites (N-methyl/N-ethyl adjacent to an activating group) is 1. The van der Waals surface area contributed by atoms with E-state index in [0.717, 1.165) is 6.54 Å². The fourth-order valence-electron chi connectivity index (χ4n) is 1.35. The van der Waals surface area contributed by atoms with E-state index >= 15 is 0 Å². The number of halogens is 1. The summed E-state index contributed by atoms with van der Waals surface area (Å²) in [5.41, 5.74) is 0. The first-order valence-corrected chi connectivity index (χ1v) is 3.70. The molecule has 1 saturated heterocycles. The summed E-state index contributed by atoms with van der Waals surface area (Å²) in [6, 6.07) is 0.366. The van der Waals surface area contributed by atoms with Crippen molar-refractivity contribution in [2.75, 3.05) is 27.2 Å². The number of hydrogen-bond donors (Lipinski definition) is 1. The van der Waals surface area contributed by atoms with Gasteiger partial charge >= 0.3 is 0 Å². The topological polar surface area (TPSA) is 15.3 Å². The van der Waals surface area contributed by atoms with E-state index in [1.54, 1.807) is 0 Å². The Balaban J connectivity index is 2.18. The van der Waals surface area contributed by atoms with Crippen LogP contribution in [-0.4, -0.2) is 44.3 Å². The molecule has 0 amide bonds. The molecule has 1 aliphatic rings. The van der Waals surface area contributed by atoms with E-state index in [9.17, 15) is 4.39 Å². The molecule has 1 rings (SSSR count). The highest BCUT2D eigenvalue weighted by molar-refractivity contribution is 4.82. The van der Waals surface area contributed by atoms with Crippen molar-refractivity contribution >= 4 is 0 Å². The molecule has 0 bridgehead atoms. The first kappa shape index (κ1) is 7.95. The third-order valence-electron chi connectivity index (χ3n) is 1.75. The molecule has 0 radical (unpaired) electrons. The summed E-state index contributed by atoms with van der Waals surface area (Å²) in [4.78, 5) is 2.08. The SMILES string of the molecule is CN(C)C[C@H]1C[C@H](F)CN1. The van der Waals surface area contributed by atoms with Crippen LogP contribution < -0.4 is 5.32 Å². The zero-order valence-corrected chi connectivity index (χ0v) is 6.60. The molecule has 0 aromatic rings. The van der Waals surface area contributed by atoms with Crippen molar-refractivity contribution in [1.29, 1.82) is 0 Å². The molecule has 1 fully saturated rings. The van der Waals surface area contributed by atoms with Gasteiger partial charge in [0.15, 0.2) is 0 Å². The molecule has 2 nitrogen and oxygen atoms in total. The highest BCUT2D eigenvalue weighted by atomic mass is 19.1. The molecule has 0 aromatic carbocycles. The van der Waals surface area contributed by atoms with E-state index in [-0.39, 0.29) is 0 Å². The van der Waals surface area contributed by atoms with Crippen molar-refractivity contribution in [3.63, 3.8) is 0 Å². The summed E-state index contributed by atoms with van der Waals surface area (Å²) < 4.78 is 12.5. The molecule has 0 unspecified atom stereocenters. The van der Waals surface area contributed by atoms with Gasteiger partial charge in [0.05, 0.1) is 0 Å². The van der Waals surface area contributed by atoms with Gasteiger partial charge in [-0.25, -0.2) is 4.39 Å². The van der Waals surface area contributed by atoms with Crippen molar-refractivity contribution in [2.45, 2.75) is 18.6 Å². The minimum Gasteiger partial charge on any atom is -0.310 e. The molecule has 1 N–H and O–H groups in total. The lowest BCUT2D eigenvalue weighted by molar-refractivity contribution is 0.328. The van der Waals surface area contributed by atoms with Gasteiger partial charge in [-0.1, -0.05) is 0 Å². The van der Waals surface area contributed by atoms with Crippen molar-refractivity contribution in [2.24, 2.45) is 0 Å². The van der Waals surface area contributed by atoms with Crippen LogP contribution in [0.2, 0.25) is 0 Å². The summed E-state index contributed by atoms with van der Waals surface area (Å²) in [5, 5.41) is 3.12. The maximum absolute atomic E-state index is 12.5. The predicted molar refractivity (Wildman–Crippen MR) is 39.9 cm³/mol. The Bertz CT molecular complexity index is 106. The summed E-state index contributed by atoms with van der Waals surface area (Å²) in [6.07, 6.45) is 0.0583. The minimum absolute atomic E-state index is 0.366. The molecule has 0 spiro atoms. The van der Waals surface area contributed by atoms with E-state index in [4.69, 9.17) is 0 Å². The molecular formula is C7H15FN2. The maximum Gasteiger partial charge on any atom is 0.114 e. The Morgan fingerprint density at radius 1 is 1.60 bits per heavy atom. The van der Waals surface area contributed by atoms with Gasteiger partial charge in [-0.05, 0) is 20.5 Å². The average molecular weight is 146 g/mol. The van der Waals surface area contributed by atoms with Gasteiger partial charge in [0.2, 0.25) is 0 Å². The number of alkyl halides is 1. The monoisotopic (exact) mass is 146 g/mol. The van der Waals surface area contributed by atoms with Gasteiger partial charge in [-0.2, -0.15) is 0 Å². The first-order valence-electron chi connectivity index (χ1n) is 3.70. The molecule has 10 heavy (non-hydrogen) atoms. The third kappa shape index (κ3) is 2.23. The zero-order chi connectivity index (χ0) is 7.56. The van der Waals surface area contributed by atoms with Crippen molar-refractivity contribution in [3.8, 4) is 0 Å². The quantitative estimate of drug-likeness (QED) is 0.600. The zero-order valence-electron chi connectivity index (χ0n) is 6.60. The fourth-order valence-corrected chi connectivity index (χ4v) is 1.35. The number of rotatable bonds is 2. The van der Waals surface area contributed by atoms with E-state index < -0.39 is 6.17 Å². The smallest absolute Gasteiger partial charge is 0.114 e. The number of nitrogens with one attached hydrogen (secondary N) is 1. The van der Waals surface area contributed by atoms with Gasteiger partial charge in [-0.3, -0.25) is 0 Å². The van der Waals surface area contributed by atoms with Crippen molar-refractivity contribution < 1.29 is 4.39 Å². The Labute approximate surface area is 61.4 Å². The lowest BCUT2D eigenvalue weighted by Crippen LogP contribution is -2.33. The molecule has 0 saturated carbocycles. The third-order valence-corrected chi connectivity index (χ3v) is 1.75. The minimum atomic E-state index is -0.620. The second-order valence-corrected chi connectivity index (χ2v) is 3.20. The normalized spacial score (nSPS) is 33.6. The van der Waals surface area contributed by atoms with E-state index in [2.05, 4.69) is 10.2 Å². The standard InChI is InChI=1S/C7H15FN2/c1-10(2)5-7-3-6(8)4-9-7/h6-7,9H,3-5H2,1-2H3/t6-,7+/m0/s1. The van der Waals surface area contributed by atoms with Crippen LogP contribution in [0.1, 0.15) is 6.42 Å². The molecule has 1 aliphatic heterocycles. The van der Waals surface area contributed by atoms with Crippen LogP contribution in [0.15, 0.2) is 0 Å². The van der Waals surface area contributed by atoms with E-state index in [1.807, 2.05) is 14.1 Å². The van der Waals surface area contributed by atoms with Crippen LogP contribution in [0.25, 0.3) is 0 Å². The Kier molecular flexibility index (Phi) is 2.63. The lowest BCUT2D eigenvalue weighted by atomic mass is 10.2. The largest absolute Gasteiger partial charge is 0.310 e. The van der Waals surface area contributed by atoms with Gasteiger partial charge in [0, 0.05) is 19.1 Å².